The van der Waals surface area contributed by atoms with Crippen LogP contribution in [0, 0.1) is 5.92 Å². The van der Waals surface area contributed by atoms with Gasteiger partial charge in [-0.3, -0.25) is 0 Å². The fourth-order valence-electron chi connectivity index (χ4n) is 3.27. The summed E-state index contributed by atoms with van der Waals surface area (Å²) in [6, 6.07) is 9.42. The van der Waals surface area contributed by atoms with Crippen molar-refractivity contribution in [3.63, 3.8) is 0 Å². The van der Waals surface area contributed by atoms with E-state index in [2.05, 4.69) is 64.3 Å². The summed E-state index contributed by atoms with van der Waals surface area (Å²) in [6.45, 7) is 9.58. The number of halogens is 1. The zero-order valence-corrected chi connectivity index (χ0v) is 15.0. The summed E-state index contributed by atoms with van der Waals surface area (Å²) in [5.74, 6) is 0.880. The van der Waals surface area contributed by atoms with E-state index in [4.69, 9.17) is 0 Å². The van der Waals surface area contributed by atoms with Gasteiger partial charge in [-0.1, -0.05) is 35.0 Å². The summed E-state index contributed by atoms with van der Waals surface area (Å²) in [6.07, 6.45) is 5.07. The largest absolute Gasteiger partial charge is 0.317 e. The van der Waals surface area contributed by atoms with Crippen LogP contribution in [0.3, 0.4) is 0 Å². The topological polar surface area (TPSA) is 15.3 Å². The van der Waals surface area contributed by atoms with Gasteiger partial charge in [-0.25, -0.2) is 0 Å². The van der Waals surface area contributed by atoms with E-state index in [1.54, 1.807) is 0 Å². The van der Waals surface area contributed by atoms with E-state index in [9.17, 15) is 0 Å². The number of nitrogens with zero attached hydrogens (tertiary/aromatic N) is 1. The lowest BCUT2D eigenvalue weighted by molar-refractivity contribution is 0.159. The second-order valence-corrected chi connectivity index (χ2v) is 7.28. The Labute approximate surface area is 138 Å². The maximum atomic E-state index is 3.51. The number of rotatable bonds is 7. The number of hydrogen-bond donors (Lipinski definition) is 1. The van der Waals surface area contributed by atoms with Crippen molar-refractivity contribution in [1.82, 2.24) is 10.2 Å². The van der Waals surface area contributed by atoms with Crippen molar-refractivity contribution in [2.24, 2.45) is 5.92 Å². The molecule has 1 aromatic carbocycles. The molecule has 0 aromatic heterocycles. The van der Waals surface area contributed by atoms with E-state index < -0.39 is 0 Å². The molecule has 1 aromatic rings. The zero-order valence-electron chi connectivity index (χ0n) is 13.4. The fourth-order valence-corrected chi connectivity index (χ4v) is 3.53. The molecule has 1 atom stereocenters. The molecular weight excluding hydrogens is 324 g/mol. The lowest BCUT2D eigenvalue weighted by atomic mass is 9.96. The molecule has 0 aliphatic carbocycles. The molecule has 0 saturated carbocycles. The molecule has 0 radical (unpaired) electrons. The first-order valence-electron chi connectivity index (χ1n) is 8.38. The molecule has 1 N–H and O–H groups in total. The van der Waals surface area contributed by atoms with Crippen molar-refractivity contribution in [3.8, 4) is 0 Å². The third-order valence-corrected chi connectivity index (χ3v) is 5.06. The minimum absolute atomic E-state index is 0.626. The highest BCUT2D eigenvalue weighted by Crippen LogP contribution is 2.18. The predicted molar refractivity (Wildman–Crippen MR) is 94.8 cm³/mol. The average molecular weight is 353 g/mol. The SMILES string of the molecule is CCCN(CC1CCNCC1)C(C)Cc1ccc(Br)cc1. The Morgan fingerprint density at radius 1 is 1.24 bits per heavy atom. The lowest BCUT2D eigenvalue weighted by Gasteiger charge is -2.34. The van der Waals surface area contributed by atoms with Crippen molar-refractivity contribution >= 4 is 15.9 Å². The van der Waals surface area contributed by atoms with E-state index >= 15 is 0 Å². The van der Waals surface area contributed by atoms with Crippen LogP contribution in [0.15, 0.2) is 28.7 Å². The number of benzene rings is 1. The van der Waals surface area contributed by atoms with Crippen molar-refractivity contribution < 1.29 is 0 Å². The Bertz CT molecular complexity index is 398. The second-order valence-electron chi connectivity index (χ2n) is 6.37. The molecule has 2 nitrogen and oxygen atoms in total. The zero-order chi connectivity index (χ0) is 15.1. The van der Waals surface area contributed by atoms with Gasteiger partial charge in [-0.05, 0) is 75.9 Å². The minimum Gasteiger partial charge on any atom is -0.317 e. The number of nitrogens with one attached hydrogen (secondary N) is 1. The van der Waals surface area contributed by atoms with Gasteiger partial charge in [-0.2, -0.15) is 0 Å². The highest BCUT2D eigenvalue weighted by molar-refractivity contribution is 9.10. The Morgan fingerprint density at radius 3 is 2.52 bits per heavy atom. The Morgan fingerprint density at radius 2 is 1.90 bits per heavy atom. The van der Waals surface area contributed by atoms with Crippen LogP contribution in [0.25, 0.3) is 0 Å². The van der Waals surface area contributed by atoms with Crippen molar-refractivity contribution in [2.75, 3.05) is 26.2 Å². The van der Waals surface area contributed by atoms with Crippen LogP contribution in [0.4, 0.5) is 0 Å². The summed E-state index contributed by atoms with van der Waals surface area (Å²) in [5, 5.41) is 3.47. The summed E-state index contributed by atoms with van der Waals surface area (Å²) in [7, 11) is 0. The molecule has 0 spiro atoms. The Balaban J connectivity index is 1.90. The van der Waals surface area contributed by atoms with E-state index in [1.165, 1.54) is 55.5 Å². The molecule has 0 bridgehead atoms. The first-order valence-corrected chi connectivity index (χ1v) is 9.17. The van der Waals surface area contributed by atoms with Crippen molar-refractivity contribution in [3.05, 3.63) is 34.3 Å². The van der Waals surface area contributed by atoms with Gasteiger partial charge in [0.25, 0.3) is 0 Å². The smallest absolute Gasteiger partial charge is 0.0175 e. The van der Waals surface area contributed by atoms with Crippen molar-refractivity contribution in [1.29, 1.82) is 0 Å². The summed E-state index contributed by atoms with van der Waals surface area (Å²) < 4.78 is 1.17. The molecule has 3 heteroatoms. The van der Waals surface area contributed by atoms with Crippen LogP contribution < -0.4 is 5.32 Å². The highest BCUT2D eigenvalue weighted by atomic mass is 79.9. The highest BCUT2D eigenvalue weighted by Gasteiger charge is 2.20. The Hall–Kier alpha value is -0.380. The lowest BCUT2D eigenvalue weighted by Crippen LogP contribution is -2.41. The summed E-state index contributed by atoms with van der Waals surface area (Å²) in [4.78, 5) is 2.71. The standard InChI is InChI=1S/C18H29BrN2/c1-3-12-21(14-17-8-10-20-11-9-17)15(2)13-16-4-6-18(19)7-5-16/h4-7,15,17,20H,3,8-14H2,1-2H3. The second kappa shape index (κ2) is 8.92. The molecule has 1 aliphatic heterocycles. The van der Waals surface area contributed by atoms with Gasteiger partial charge in [0.1, 0.15) is 0 Å². The average Bonchev–Trinajstić information content (AvgIpc) is 2.50. The molecule has 21 heavy (non-hydrogen) atoms. The van der Waals surface area contributed by atoms with Gasteiger partial charge < -0.3 is 10.2 Å². The molecular formula is C18H29BrN2. The van der Waals surface area contributed by atoms with Crippen LogP contribution >= 0.6 is 15.9 Å². The van der Waals surface area contributed by atoms with E-state index in [-0.39, 0.29) is 0 Å². The maximum absolute atomic E-state index is 3.51. The first-order chi connectivity index (χ1) is 10.2. The van der Waals surface area contributed by atoms with Gasteiger partial charge in [-0.15, -0.1) is 0 Å². The molecule has 1 saturated heterocycles. The van der Waals surface area contributed by atoms with Gasteiger partial charge in [0.2, 0.25) is 0 Å². The molecule has 0 amide bonds. The molecule has 1 aliphatic rings. The van der Waals surface area contributed by atoms with Crippen LogP contribution in [-0.4, -0.2) is 37.1 Å². The van der Waals surface area contributed by atoms with Gasteiger partial charge >= 0.3 is 0 Å². The van der Waals surface area contributed by atoms with E-state index in [0.717, 1.165) is 12.3 Å². The van der Waals surface area contributed by atoms with Crippen molar-refractivity contribution in [2.45, 2.75) is 45.6 Å². The molecule has 1 fully saturated rings. The predicted octanol–water partition coefficient (Wildman–Crippen LogP) is 4.09. The van der Waals surface area contributed by atoms with E-state index in [1.807, 2.05) is 0 Å². The molecule has 1 heterocycles. The van der Waals surface area contributed by atoms with Gasteiger partial charge in [0.05, 0.1) is 0 Å². The Kier molecular flexibility index (Phi) is 7.21. The molecule has 2 rings (SSSR count). The van der Waals surface area contributed by atoms with Crippen LogP contribution in [0.2, 0.25) is 0 Å². The third-order valence-electron chi connectivity index (χ3n) is 4.53. The van der Waals surface area contributed by atoms with Crippen LogP contribution in [0.5, 0.6) is 0 Å². The van der Waals surface area contributed by atoms with E-state index in [0.29, 0.717) is 6.04 Å². The maximum Gasteiger partial charge on any atom is 0.0175 e. The third kappa shape index (κ3) is 5.72. The minimum atomic E-state index is 0.626. The quantitative estimate of drug-likeness (QED) is 0.794. The van der Waals surface area contributed by atoms with Gasteiger partial charge in [0, 0.05) is 17.1 Å². The monoisotopic (exact) mass is 352 g/mol. The summed E-state index contributed by atoms with van der Waals surface area (Å²) >= 11 is 3.51. The molecule has 1 unspecified atom stereocenters. The first kappa shape index (κ1) is 17.0. The number of hydrogen-bond acceptors (Lipinski definition) is 2. The number of piperidine rings is 1. The summed E-state index contributed by atoms with van der Waals surface area (Å²) in [5.41, 5.74) is 1.44. The van der Waals surface area contributed by atoms with Crippen LogP contribution in [0.1, 0.15) is 38.7 Å². The fraction of sp³-hybridized carbons (Fsp3) is 0.667. The molecule has 118 valence electrons. The normalized spacial score (nSPS) is 18.1. The van der Waals surface area contributed by atoms with Crippen LogP contribution in [-0.2, 0) is 6.42 Å². The van der Waals surface area contributed by atoms with Gasteiger partial charge in [0.15, 0.2) is 0 Å².